The van der Waals surface area contributed by atoms with Gasteiger partial charge in [-0.1, -0.05) is 40.3 Å². The summed E-state index contributed by atoms with van der Waals surface area (Å²) < 4.78 is 61.5. The summed E-state index contributed by atoms with van der Waals surface area (Å²) in [5, 5.41) is -0.366. The number of rotatable bonds is 8. The van der Waals surface area contributed by atoms with Crippen LogP contribution in [0.15, 0.2) is 64.4 Å². The average Bonchev–Trinajstić information content (AvgIpc) is 2.83. The predicted molar refractivity (Wildman–Crippen MR) is 130 cm³/mol. The Morgan fingerprint density at radius 1 is 0.971 bits per heavy atom. The Balaban J connectivity index is 1.56. The third-order valence-corrected chi connectivity index (χ3v) is 12.4. The molecule has 4 unspecified atom stereocenters. The molecule has 0 amide bonds. The standard InChI is InChI=1S/C26H30F2O5S2/c1-18-7-9-23(10-8-18)35(28,22-5-3-2-4-6-22)25-21-12-19-11-20(13-21)15-26(25,14-19)17-32-24(29)16-34(30,31)33-27/h2-10,19-21,25H,11-17H2,1H3. The van der Waals surface area contributed by atoms with Crippen LogP contribution in [0.25, 0.3) is 0 Å². The number of benzene rings is 2. The van der Waals surface area contributed by atoms with Gasteiger partial charge in [0.05, 0.1) is 6.61 Å². The lowest BCUT2D eigenvalue weighted by atomic mass is 9.49. The molecule has 0 aromatic heterocycles. The fourth-order valence-corrected chi connectivity index (χ4v) is 11.3. The van der Waals surface area contributed by atoms with Crippen LogP contribution in [-0.4, -0.2) is 32.0 Å². The van der Waals surface area contributed by atoms with Gasteiger partial charge < -0.3 is 4.74 Å². The molecule has 4 atom stereocenters. The minimum atomic E-state index is -4.64. The number of hydrogen-bond acceptors (Lipinski definition) is 5. The van der Waals surface area contributed by atoms with Gasteiger partial charge >= 0.3 is 16.1 Å². The van der Waals surface area contributed by atoms with Crippen molar-refractivity contribution < 1.29 is 30.7 Å². The minimum Gasteiger partial charge on any atom is -0.464 e. The van der Waals surface area contributed by atoms with E-state index in [9.17, 15) is 17.7 Å². The Morgan fingerprint density at radius 3 is 2.17 bits per heavy atom. The van der Waals surface area contributed by atoms with Crippen molar-refractivity contribution in [3.8, 4) is 0 Å². The molecule has 5 nitrogen and oxygen atoms in total. The first-order valence-electron chi connectivity index (χ1n) is 12.0. The first-order valence-corrected chi connectivity index (χ1v) is 15.1. The van der Waals surface area contributed by atoms with Gasteiger partial charge in [-0.3, -0.25) is 4.79 Å². The molecule has 0 saturated heterocycles. The van der Waals surface area contributed by atoms with Gasteiger partial charge in [-0.2, -0.15) is 12.3 Å². The van der Waals surface area contributed by atoms with Crippen molar-refractivity contribution in [1.29, 1.82) is 0 Å². The van der Waals surface area contributed by atoms with Gasteiger partial charge in [-0.25, -0.2) is 0 Å². The van der Waals surface area contributed by atoms with E-state index in [1.807, 2.05) is 61.5 Å². The molecule has 0 aliphatic heterocycles. The highest BCUT2D eigenvalue weighted by Gasteiger charge is 2.63. The van der Waals surface area contributed by atoms with Gasteiger partial charge in [0.1, 0.15) is 0 Å². The minimum absolute atomic E-state index is 0.0703. The molecule has 4 bridgehead atoms. The van der Waals surface area contributed by atoms with Crippen LogP contribution < -0.4 is 0 Å². The van der Waals surface area contributed by atoms with Crippen LogP contribution >= 0.6 is 10.4 Å². The lowest BCUT2D eigenvalue weighted by molar-refractivity contribution is -0.152. The van der Waals surface area contributed by atoms with Gasteiger partial charge in [0.25, 0.3) is 0 Å². The molecule has 4 aliphatic carbocycles. The van der Waals surface area contributed by atoms with E-state index in [4.69, 9.17) is 4.74 Å². The van der Waals surface area contributed by atoms with Gasteiger partial charge in [0, 0.05) is 20.5 Å². The maximum atomic E-state index is 18.0. The smallest absolute Gasteiger partial charge is 0.323 e. The van der Waals surface area contributed by atoms with Crippen LogP contribution in [0.5, 0.6) is 0 Å². The molecule has 35 heavy (non-hydrogen) atoms. The van der Waals surface area contributed by atoms with Gasteiger partial charge in [0.2, 0.25) is 0 Å². The van der Waals surface area contributed by atoms with E-state index < -0.39 is 37.7 Å². The summed E-state index contributed by atoms with van der Waals surface area (Å²) >= 11 is 0. The Bertz CT molecular complexity index is 1170. The molecule has 6 rings (SSSR count). The quantitative estimate of drug-likeness (QED) is 0.392. The van der Waals surface area contributed by atoms with Crippen molar-refractivity contribution in [2.45, 2.75) is 54.1 Å². The second-order valence-electron chi connectivity index (χ2n) is 10.5. The number of aryl methyl sites for hydroxylation is 1. The van der Waals surface area contributed by atoms with Crippen molar-refractivity contribution in [3.63, 3.8) is 0 Å². The van der Waals surface area contributed by atoms with Gasteiger partial charge in [0.15, 0.2) is 5.75 Å². The molecule has 0 N–H and O–H groups in total. The highest BCUT2D eigenvalue weighted by molar-refractivity contribution is 8.30. The first-order chi connectivity index (χ1) is 16.6. The average molecular weight is 525 g/mol. The number of ether oxygens (including phenoxy) is 1. The number of hydrogen-bond donors (Lipinski definition) is 0. The molecule has 2 aromatic rings. The van der Waals surface area contributed by atoms with Crippen molar-refractivity contribution >= 4 is 26.5 Å². The zero-order chi connectivity index (χ0) is 24.8. The van der Waals surface area contributed by atoms with Crippen LogP contribution in [0.1, 0.15) is 37.7 Å². The summed E-state index contributed by atoms with van der Waals surface area (Å²) in [5.74, 6) is -1.24. The molecule has 0 heterocycles. The summed E-state index contributed by atoms with van der Waals surface area (Å²) in [5.41, 5.74) is 0.448. The Hall–Kier alpha value is -1.97. The van der Waals surface area contributed by atoms with E-state index in [0.717, 1.165) is 37.7 Å². The first kappa shape index (κ1) is 24.7. The van der Waals surface area contributed by atoms with E-state index >= 15 is 3.89 Å². The van der Waals surface area contributed by atoms with Crippen LogP contribution in [-0.2, 0) is 24.0 Å². The van der Waals surface area contributed by atoms with Crippen molar-refractivity contribution in [3.05, 3.63) is 60.2 Å². The summed E-state index contributed by atoms with van der Waals surface area (Å²) in [7, 11) is -7.66. The molecular formula is C26H30F2O5S2. The zero-order valence-electron chi connectivity index (χ0n) is 19.6. The maximum absolute atomic E-state index is 18.0. The van der Waals surface area contributed by atoms with Crippen molar-refractivity contribution in [2.75, 3.05) is 12.4 Å². The summed E-state index contributed by atoms with van der Waals surface area (Å²) in [4.78, 5) is 13.6. The van der Waals surface area contributed by atoms with Gasteiger partial charge in [-0.15, -0.1) is 0 Å². The largest absolute Gasteiger partial charge is 0.464 e. The molecular weight excluding hydrogens is 494 g/mol. The highest BCUT2D eigenvalue weighted by Crippen LogP contribution is 2.78. The Kier molecular flexibility index (Phi) is 6.47. The van der Waals surface area contributed by atoms with Crippen LogP contribution in [0.2, 0.25) is 0 Å². The predicted octanol–water partition coefficient (Wildman–Crippen LogP) is 6.07. The molecule has 190 valence electrons. The summed E-state index contributed by atoms with van der Waals surface area (Å²) in [6.45, 7) is 1.90. The lowest BCUT2D eigenvalue weighted by Crippen LogP contribution is -2.59. The van der Waals surface area contributed by atoms with E-state index in [1.54, 1.807) is 0 Å². The van der Waals surface area contributed by atoms with Crippen LogP contribution in [0.4, 0.5) is 8.41 Å². The second-order valence-corrected chi connectivity index (χ2v) is 14.7. The molecule has 4 fully saturated rings. The SMILES string of the molecule is Cc1ccc(S(F)(c2ccccc2)C2C3CC4CC(C3)CC2(COC(=O)CS(=O)(=O)OF)C4)cc1. The molecule has 9 heteroatoms. The van der Waals surface area contributed by atoms with Gasteiger partial charge in [-0.05, 0) is 96.0 Å². The van der Waals surface area contributed by atoms with Crippen molar-refractivity contribution in [1.82, 2.24) is 0 Å². The third-order valence-electron chi connectivity index (χ3n) is 8.07. The summed E-state index contributed by atoms with van der Waals surface area (Å²) in [6.07, 6.45) is 4.49. The Morgan fingerprint density at radius 2 is 1.57 bits per heavy atom. The van der Waals surface area contributed by atoms with Crippen LogP contribution in [0, 0.1) is 30.1 Å². The molecule has 4 saturated carbocycles. The topological polar surface area (TPSA) is 69.7 Å². The van der Waals surface area contributed by atoms with Crippen LogP contribution in [0.3, 0.4) is 0 Å². The fourth-order valence-electron chi connectivity index (χ4n) is 7.19. The second kappa shape index (κ2) is 9.16. The monoisotopic (exact) mass is 524 g/mol. The number of carbonyl (C=O) groups excluding carboxylic acids is 1. The van der Waals surface area contributed by atoms with E-state index in [0.29, 0.717) is 21.6 Å². The third kappa shape index (κ3) is 4.51. The summed E-state index contributed by atoms with van der Waals surface area (Å²) in [6, 6.07) is 16.9. The molecule has 2 aromatic carbocycles. The fraction of sp³-hybridized carbons (Fsp3) is 0.500. The molecule has 0 spiro atoms. The van der Waals surface area contributed by atoms with E-state index in [-0.39, 0.29) is 17.8 Å². The highest BCUT2D eigenvalue weighted by atomic mass is 32.3. The van der Waals surface area contributed by atoms with E-state index in [2.05, 4.69) is 4.39 Å². The Labute approximate surface area is 206 Å². The zero-order valence-corrected chi connectivity index (χ0v) is 21.2. The number of halogens is 2. The number of carbonyl (C=O) groups is 1. The number of esters is 1. The van der Waals surface area contributed by atoms with Crippen molar-refractivity contribution in [2.24, 2.45) is 23.2 Å². The molecule has 0 radical (unpaired) electrons. The molecule has 4 aliphatic rings. The lowest BCUT2D eigenvalue weighted by Gasteiger charge is -2.64. The maximum Gasteiger partial charge on any atom is 0.323 e. The van der Waals surface area contributed by atoms with E-state index in [1.165, 1.54) is 0 Å². The normalized spacial score (nSPS) is 32.1.